The minimum Gasteiger partial charge on any atom is -0.454 e. The Balaban J connectivity index is 2.15. The quantitative estimate of drug-likeness (QED) is 0.755. The third-order valence-electron chi connectivity index (χ3n) is 2.44. The molecule has 0 radical (unpaired) electrons. The summed E-state index contributed by atoms with van der Waals surface area (Å²) in [7, 11) is 0. The fourth-order valence-corrected chi connectivity index (χ4v) is 1.90. The van der Waals surface area contributed by atoms with Crippen LogP contribution in [0, 0.1) is 4.64 Å². The van der Waals surface area contributed by atoms with E-state index in [0.717, 1.165) is 5.56 Å². The Morgan fingerprint density at radius 3 is 2.76 bits per heavy atom. The minimum atomic E-state index is -0.329. The number of hydrogen-bond acceptors (Lipinski definition) is 4. The molecule has 0 aliphatic carbocycles. The Kier molecular flexibility index (Phi) is 2.22. The molecule has 2 heterocycles. The van der Waals surface area contributed by atoms with Crippen molar-refractivity contribution in [2.45, 2.75) is 0 Å². The Hall–Kier alpha value is -2.08. The van der Waals surface area contributed by atoms with E-state index in [-0.39, 0.29) is 12.5 Å². The van der Waals surface area contributed by atoms with Gasteiger partial charge >= 0.3 is 5.69 Å². The second kappa shape index (κ2) is 3.74. The van der Waals surface area contributed by atoms with Crippen LogP contribution in [-0.2, 0) is 0 Å². The van der Waals surface area contributed by atoms with Gasteiger partial charge in [-0.2, -0.15) is 0 Å². The maximum Gasteiger partial charge on any atom is 0.324 e. The smallest absolute Gasteiger partial charge is 0.324 e. The number of nitrogens with one attached hydrogen (secondary N) is 2. The van der Waals surface area contributed by atoms with Crippen molar-refractivity contribution >= 4 is 12.2 Å². The second-order valence-corrected chi connectivity index (χ2v) is 4.01. The molecule has 2 aromatic rings. The van der Waals surface area contributed by atoms with Crippen LogP contribution in [0.15, 0.2) is 29.1 Å². The normalized spacial score (nSPS) is 12.7. The molecule has 5 nitrogen and oxygen atoms in total. The summed E-state index contributed by atoms with van der Waals surface area (Å²) in [5, 5.41) is 0. The predicted molar refractivity (Wildman–Crippen MR) is 63.8 cm³/mol. The van der Waals surface area contributed by atoms with E-state index in [1.54, 1.807) is 12.1 Å². The largest absolute Gasteiger partial charge is 0.454 e. The number of hydrogen-bond donors (Lipinski definition) is 2. The van der Waals surface area contributed by atoms with Gasteiger partial charge in [0.15, 0.2) is 11.5 Å². The monoisotopic (exact) mass is 248 g/mol. The average Bonchev–Trinajstić information content (AvgIpc) is 2.74. The van der Waals surface area contributed by atoms with Gasteiger partial charge in [-0.15, -0.1) is 0 Å². The lowest BCUT2D eigenvalue weighted by Crippen LogP contribution is -2.10. The summed E-state index contributed by atoms with van der Waals surface area (Å²) < 4.78 is 10.9. The molecular formula is C11H8N2O3S. The third-order valence-corrected chi connectivity index (χ3v) is 2.66. The maximum atomic E-state index is 11.3. The number of aromatic amines is 2. The molecule has 0 atom stereocenters. The number of ether oxygens (including phenoxy) is 2. The molecule has 1 aliphatic heterocycles. The lowest BCUT2D eigenvalue weighted by molar-refractivity contribution is 0.174. The van der Waals surface area contributed by atoms with E-state index in [2.05, 4.69) is 9.97 Å². The van der Waals surface area contributed by atoms with Gasteiger partial charge in [0.05, 0.1) is 5.69 Å². The second-order valence-electron chi connectivity index (χ2n) is 3.57. The van der Waals surface area contributed by atoms with E-state index < -0.39 is 0 Å². The fraction of sp³-hybridized carbons (Fsp3) is 0.0909. The summed E-state index contributed by atoms with van der Waals surface area (Å²) in [5.74, 6) is 1.37. The van der Waals surface area contributed by atoms with Crippen LogP contribution in [0.2, 0.25) is 0 Å². The van der Waals surface area contributed by atoms with Crippen LogP contribution < -0.4 is 15.2 Å². The Morgan fingerprint density at radius 2 is 1.94 bits per heavy atom. The molecule has 1 aromatic heterocycles. The lowest BCUT2D eigenvalue weighted by atomic mass is 10.1. The first-order chi connectivity index (χ1) is 8.22. The van der Waals surface area contributed by atoms with E-state index in [0.29, 0.717) is 21.8 Å². The highest BCUT2D eigenvalue weighted by Gasteiger charge is 2.14. The zero-order valence-electron chi connectivity index (χ0n) is 8.65. The molecule has 86 valence electrons. The lowest BCUT2D eigenvalue weighted by Gasteiger charge is -2.02. The predicted octanol–water partition coefficient (Wildman–Crippen LogP) is 1.83. The Labute approximate surface area is 101 Å². The highest BCUT2D eigenvalue weighted by molar-refractivity contribution is 7.71. The molecular weight excluding hydrogens is 240 g/mol. The van der Waals surface area contributed by atoms with Gasteiger partial charge in [0, 0.05) is 5.56 Å². The summed E-state index contributed by atoms with van der Waals surface area (Å²) in [5.41, 5.74) is 1.15. The Bertz CT molecular complexity index is 661. The van der Waals surface area contributed by atoms with Gasteiger partial charge in [-0.05, 0) is 24.3 Å². The average molecular weight is 248 g/mol. The van der Waals surface area contributed by atoms with Crippen LogP contribution in [0.3, 0.4) is 0 Å². The van der Waals surface area contributed by atoms with Gasteiger partial charge in [-0.1, -0.05) is 12.2 Å². The van der Waals surface area contributed by atoms with E-state index in [4.69, 9.17) is 21.7 Å². The first kappa shape index (κ1) is 10.1. The number of aromatic nitrogens is 2. The molecule has 3 rings (SSSR count). The fourth-order valence-electron chi connectivity index (χ4n) is 1.69. The highest BCUT2D eigenvalue weighted by Crippen LogP contribution is 2.35. The zero-order valence-corrected chi connectivity index (χ0v) is 9.47. The number of benzene rings is 1. The van der Waals surface area contributed by atoms with Crippen molar-refractivity contribution in [3.8, 4) is 22.8 Å². The Morgan fingerprint density at radius 1 is 1.12 bits per heavy atom. The van der Waals surface area contributed by atoms with E-state index >= 15 is 0 Å². The molecule has 0 spiro atoms. The molecule has 1 aromatic carbocycles. The summed E-state index contributed by atoms with van der Waals surface area (Å²) in [6.07, 6.45) is 0. The molecule has 2 N–H and O–H groups in total. The van der Waals surface area contributed by atoms with Crippen LogP contribution in [-0.4, -0.2) is 16.8 Å². The van der Waals surface area contributed by atoms with Crippen LogP contribution in [0.25, 0.3) is 11.3 Å². The molecule has 0 saturated carbocycles. The SMILES string of the molecule is O=c1[nH]c(-c2ccc3c(c2)OCO3)cc(=S)[nH]1. The van der Waals surface area contributed by atoms with Gasteiger partial charge in [0.1, 0.15) is 4.64 Å². The topological polar surface area (TPSA) is 67.1 Å². The van der Waals surface area contributed by atoms with Crippen molar-refractivity contribution < 1.29 is 9.47 Å². The van der Waals surface area contributed by atoms with Gasteiger partial charge < -0.3 is 14.5 Å². The van der Waals surface area contributed by atoms with Crippen LogP contribution in [0.5, 0.6) is 11.5 Å². The minimum absolute atomic E-state index is 0.226. The summed E-state index contributed by atoms with van der Waals surface area (Å²) in [4.78, 5) is 16.4. The van der Waals surface area contributed by atoms with Crippen molar-refractivity contribution in [2.24, 2.45) is 0 Å². The first-order valence-electron chi connectivity index (χ1n) is 4.96. The van der Waals surface area contributed by atoms with Gasteiger partial charge in [-0.3, -0.25) is 4.98 Å². The summed E-state index contributed by atoms with van der Waals surface area (Å²) in [6.45, 7) is 0.226. The number of fused-ring (bicyclic) bond motifs is 1. The van der Waals surface area contributed by atoms with Crippen molar-refractivity contribution in [1.29, 1.82) is 0 Å². The van der Waals surface area contributed by atoms with E-state index in [1.165, 1.54) is 0 Å². The molecule has 0 saturated heterocycles. The molecule has 0 unspecified atom stereocenters. The highest BCUT2D eigenvalue weighted by atomic mass is 32.1. The van der Waals surface area contributed by atoms with Crippen molar-refractivity contribution in [3.63, 3.8) is 0 Å². The van der Waals surface area contributed by atoms with E-state index in [1.807, 2.05) is 12.1 Å². The molecule has 1 aliphatic rings. The number of H-pyrrole nitrogens is 2. The molecule has 0 amide bonds. The van der Waals surface area contributed by atoms with Crippen molar-refractivity contribution in [2.75, 3.05) is 6.79 Å². The van der Waals surface area contributed by atoms with Gasteiger partial charge in [0.25, 0.3) is 0 Å². The summed E-state index contributed by atoms with van der Waals surface area (Å²) in [6, 6.07) is 7.14. The molecule has 17 heavy (non-hydrogen) atoms. The first-order valence-corrected chi connectivity index (χ1v) is 5.37. The third kappa shape index (κ3) is 1.83. The van der Waals surface area contributed by atoms with Crippen LogP contribution >= 0.6 is 12.2 Å². The summed E-state index contributed by atoms with van der Waals surface area (Å²) >= 11 is 4.95. The number of rotatable bonds is 1. The molecule has 0 bridgehead atoms. The molecule has 0 fully saturated rings. The van der Waals surface area contributed by atoms with Gasteiger partial charge in [0.2, 0.25) is 6.79 Å². The maximum absolute atomic E-state index is 11.3. The van der Waals surface area contributed by atoms with Crippen molar-refractivity contribution in [1.82, 2.24) is 9.97 Å². The van der Waals surface area contributed by atoms with Crippen LogP contribution in [0.1, 0.15) is 0 Å². The van der Waals surface area contributed by atoms with Crippen molar-refractivity contribution in [3.05, 3.63) is 39.4 Å². The van der Waals surface area contributed by atoms with Gasteiger partial charge in [-0.25, -0.2) is 4.79 Å². The van der Waals surface area contributed by atoms with Crippen LogP contribution in [0.4, 0.5) is 0 Å². The molecule has 6 heteroatoms. The van der Waals surface area contributed by atoms with E-state index in [9.17, 15) is 4.79 Å². The zero-order chi connectivity index (χ0) is 11.8. The standard InChI is InChI=1S/C11H8N2O3S/c14-11-12-7(4-10(17)13-11)6-1-2-8-9(3-6)16-5-15-8/h1-4H,5H2,(H2,12,13,14,17).